The lowest BCUT2D eigenvalue weighted by Gasteiger charge is -2.27. The van der Waals surface area contributed by atoms with E-state index in [0.717, 1.165) is 37.1 Å². The zero-order valence-electron chi connectivity index (χ0n) is 11.2. The van der Waals surface area contributed by atoms with Crippen LogP contribution in [0.15, 0.2) is 4.99 Å². The molecule has 0 radical (unpaired) electrons. The normalized spacial score (nSPS) is 21.9. The van der Waals surface area contributed by atoms with E-state index in [1.165, 1.54) is 12.8 Å². The number of hydrogen-bond acceptors (Lipinski definition) is 4. The fraction of sp³-hybridized carbons (Fsp3) is 0.917. The third-order valence-electron chi connectivity index (χ3n) is 3.16. The summed E-state index contributed by atoms with van der Waals surface area (Å²) in [6, 6.07) is 0. The van der Waals surface area contributed by atoms with Crippen LogP contribution in [0.25, 0.3) is 0 Å². The van der Waals surface area contributed by atoms with Crippen LogP contribution < -0.4 is 5.73 Å². The maximum absolute atomic E-state index is 9.72. The first-order valence-electron chi connectivity index (χ1n) is 6.64. The second-order valence-corrected chi connectivity index (χ2v) is 6.16. The monoisotopic (exact) mass is 401 g/mol. The predicted molar refractivity (Wildman–Crippen MR) is 90.4 cm³/mol. The highest BCUT2D eigenvalue weighted by atomic mass is 127. The Morgan fingerprint density at radius 2 is 2.11 bits per heavy atom. The van der Waals surface area contributed by atoms with Crippen molar-refractivity contribution < 1.29 is 9.84 Å². The van der Waals surface area contributed by atoms with Gasteiger partial charge in [-0.05, 0) is 18.8 Å². The van der Waals surface area contributed by atoms with E-state index in [0.29, 0.717) is 19.1 Å². The van der Waals surface area contributed by atoms with Crippen molar-refractivity contribution in [1.29, 1.82) is 0 Å². The van der Waals surface area contributed by atoms with Crippen molar-refractivity contribution in [2.75, 3.05) is 44.4 Å². The molecule has 1 heterocycles. The van der Waals surface area contributed by atoms with Gasteiger partial charge in [0.25, 0.3) is 0 Å². The highest BCUT2D eigenvalue weighted by Gasteiger charge is 2.21. The van der Waals surface area contributed by atoms with Gasteiger partial charge in [0.05, 0.1) is 19.3 Å². The average Bonchev–Trinajstić information content (AvgIpc) is 3.21. The van der Waals surface area contributed by atoms with Gasteiger partial charge in [-0.2, -0.15) is 11.8 Å². The molecule has 0 aromatic heterocycles. The Morgan fingerprint density at radius 3 is 2.74 bits per heavy atom. The summed E-state index contributed by atoms with van der Waals surface area (Å²) >= 11 is 1.94. The van der Waals surface area contributed by atoms with Crippen LogP contribution in [0.1, 0.15) is 12.8 Å². The SMILES string of the molecule is I.NC(=NCC(O)COCC1CC1)N1CCSCC1. The van der Waals surface area contributed by atoms with Gasteiger partial charge in [0.2, 0.25) is 0 Å². The predicted octanol–water partition coefficient (Wildman–Crippen LogP) is 0.755. The highest BCUT2D eigenvalue weighted by molar-refractivity contribution is 14.0. The summed E-state index contributed by atoms with van der Waals surface area (Å²) in [6.07, 6.45) is 2.00. The van der Waals surface area contributed by atoms with Crippen molar-refractivity contribution in [2.24, 2.45) is 16.6 Å². The van der Waals surface area contributed by atoms with Gasteiger partial charge in [-0.1, -0.05) is 0 Å². The fourth-order valence-corrected chi connectivity index (χ4v) is 2.70. The molecule has 0 bridgehead atoms. The van der Waals surface area contributed by atoms with Crippen LogP contribution in [0.5, 0.6) is 0 Å². The molecule has 1 aliphatic heterocycles. The van der Waals surface area contributed by atoms with Crippen LogP contribution in [-0.2, 0) is 4.74 Å². The molecular weight excluding hydrogens is 377 g/mol. The van der Waals surface area contributed by atoms with E-state index in [1.807, 2.05) is 11.8 Å². The first-order chi connectivity index (χ1) is 8.75. The van der Waals surface area contributed by atoms with Crippen LogP contribution in [0.2, 0.25) is 0 Å². The van der Waals surface area contributed by atoms with E-state index in [2.05, 4.69) is 9.89 Å². The molecule has 0 aromatic carbocycles. The van der Waals surface area contributed by atoms with E-state index < -0.39 is 6.10 Å². The quantitative estimate of drug-likeness (QED) is 0.391. The van der Waals surface area contributed by atoms with Gasteiger partial charge < -0.3 is 20.5 Å². The van der Waals surface area contributed by atoms with Crippen LogP contribution in [0, 0.1) is 5.92 Å². The minimum atomic E-state index is -0.540. The Morgan fingerprint density at radius 1 is 1.42 bits per heavy atom. The summed E-state index contributed by atoms with van der Waals surface area (Å²) in [4.78, 5) is 6.32. The van der Waals surface area contributed by atoms with Crippen molar-refractivity contribution >= 4 is 41.7 Å². The lowest BCUT2D eigenvalue weighted by atomic mass is 10.4. The molecule has 3 N–H and O–H groups in total. The average molecular weight is 401 g/mol. The number of aliphatic hydroxyl groups is 1. The maximum atomic E-state index is 9.72. The molecule has 1 unspecified atom stereocenters. The molecule has 19 heavy (non-hydrogen) atoms. The Kier molecular flexibility index (Phi) is 8.43. The molecule has 2 fully saturated rings. The van der Waals surface area contributed by atoms with Crippen LogP contribution in [0.3, 0.4) is 0 Å². The number of ether oxygens (including phenoxy) is 1. The lowest BCUT2D eigenvalue weighted by Crippen LogP contribution is -2.43. The van der Waals surface area contributed by atoms with Crippen molar-refractivity contribution in [2.45, 2.75) is 18.9 Å². The van der Waals surface area contributed by atoms with Gasteiger partial charge in [0, 0.05) is 31.2 Å². The highest BCUT2D eigenvalue weighted by Crippen LogP contribution is 2.28. The number of thioether (sulfide) groups is 1. The summed E-state index contributed by atoms with van der Waals surface area (Å²) in [5.41, 5.74) is 5.90. The summed E-state index contributed by atoms with van der Waals surface area (Å²) in [5, 5.41) is 9.72. The van der Waals surface area contributed by atoms with Crippen LogP contribution >= 0.6 is 35.7 Å². The largest absolute Gasteiger partial charge is 0.389 e. The van der Waals surface area contributed by atoms with Crippen molar-refractivity contribution in [3.05, 3.63) is 0 Å². The molecule has 0 spiro atoms. The molecule has 112 valence electrons. The second kappa shape index (κ2) is 9.25. The van der Waals surface area contributed by atoms with Crippen molar-refractivity contribution in [3.8, 4) is 0 Å². The molecule has 0 aromatic rings. The topological polar surface area (TPSA) is 71.1 Å². The molecule has 2 aliphatic rings. The zero-order valence-corrected chi connectivity index (χ0v) is 14.3. The van der Waals surface area contributed by atoms with Gasteiger partial charge in [0.1, 0.15) is 0 Å². The van der Waals surface area contributed by atoms with Gasteiger partial charge in [-0.15, -0.1) is 24.0 Å². The Balaban J connectivity index is 0.00000180. The van der Waals surface area contributed by atoms with Crippen molar-refractivity contribution in [3.63, 3.8) is 0 Å². The summed E-state index contributed by atoms with van der Waals surface area (Å²) in [7, 11) is 0. The molecule has 1 saturated heterocycles. The van der Waals surface area contributed by atoms with E-state index in [4.69, 9.17) is 10.5 Å². The number of aliphatic hydroxyl groups excluding tert-OH is 1. The standard InChI is InChI=1S/C12H23N3O2S.HI/c13-12(15-3-5-18-6-4-15)14-7-11(16)9-17-8-10-1-2-10;/h10-11,16H,1-9H2,(H2,13,14);1H. The number of halogens is 1. The van der Waals surface area contributed by atoms with E-state index in [-0.39, 0.29) is 24.0 Å². The molecule has 0 amide bonds. The van der Waals surface area contributed by atoms with E-state index in [1.54, 1.807) is 0 Å². The molecule has 5 nitrogen and oxygen atoms in total. The summed E-state index contributed by atoms with van der Waals surface area (Å²) < 4.78 is 5.42. The first-order valence-corrected chi connectivity index (χ1v) is 7.79. The lowest BCUT2D eigenvalue weighted by molar-refractivity contribution is 0.0368. The number of hydrogen-bond donors (Lipinski definition) is 2. The maximum Gasteiger partial charge on any atom is 0.191 e. The van der Waals surface area contributed by atoms with Gasteiger partial charge in [-0.3, -0.25) is 4.99 Å². The number of guanidine groups is 1. The van der Waals surface area contributed by atoms with Gasteiger partial charge in [-0.25, -0.2) is 0 Å². The molecule has 1 aliphatic carbocycles. The van der Waals surface area contributed by atoms with Gasteiger partial charge in [0.15, 0.2) is 5.96 Å². The minimum absolute atomic E-state index is 0. The Bertz CT molecular complexity index is 284. The molecule has 7 heteroatoms. The van der Waals surface area contributed by atoms with Crippen LogP contribution in [-0.4, -0.2) is 66.4 Å². The second-order valence-electron chi connectivity index (χ2n) is 4.93. The molecule has 1 saturated carbocycles. The Labute approximate surface area is 136 Å². The van der Waals surface area contributed by atoms with Crippen molar-refractivity contribution in [1.82, 2.24) is 4.90 Å². The minimum Gasteiger partial charge on any atom is -0.389 e. The number of aliphatic imine (C=N–C) groups is 1. The summed E-state index contributed by atoms with van der Waals surface area (Å²) in [6.45, 7) is 3.38. The number of nitrogens with two attached hydrogens (primary N) is 1. The first kappa shape index (κ1) is 17.3. The van der Waals surface area contributed by atoms with E-state index in [9.17, 15) is 5.11 Å². The van der Waals surface area contributed by atoms with Crippen LogP contribution in [0.4, 0.5) is 0 Å². The summed E-state index contributed by atoms with van der Waals surface area (Å²) in [5.74, 6) is 3.49. The zero-order chi connectivity index (χ0) is 12.8. The van der Waals surface area contributed by atoms with Gasteiger partial charge >= 0.3 is 0 Å². The molecular formula is C12H24IN3O2S. The third-order valence-corrected chi connectivity index (χ3v) is 4.10. The fourth-order valence-electron chi connectivity index (χ4n) is 1.80. The third kappa shape index (κ3) is 7.01. The smallest absolute Gasteiger partial charge is 0.191 e. The molecule has 1 atom stereocenters. The Hall–Kier alpha value is 0.270. The number of rotatable bonds is 6. The van der Waals surface area contributed by atoms with E-state index >= 15 is 0 Å². The molecule has 2 rings (SSSR count). The number of nitrogens with zero attached hydrogens (tertiary/aromatic N) is 2.